The fourth-order valence-corrected chi connectivity index (χ4v) is 1.22. The summed E-state index contributed by atoms with van der Waals surface area (Å²) in [6, 6.07) is 0. The lowest BCUT2D eigenvalue weighted by Crippen LogP contribution is -2.41. The third-order valence-electron chi connectivity index (χ3n) is 1.34. The van der Waals surface area contributed by atoms with Gasteiger partial charge in [-0.2, -0.15) is 0 Å². The lowest BCUT2D eigenvalue weighted by molar-refractivity contribution is 0.383. The molecule has 1 saturated heterocycles. The summed E-state index contributed by atoms with van der Waals surface area (Å²) < 4.78 is 2.47. The van der Waals surface area contributed by atoms with Gasteiger partial charge in [0.05, 0.1) is 0 Å². The first-order valence-corrected chi connectivity index (χ1v) is 3.68. The molecule has 0 radical (unpaired) electrons. The van der Waals surface area contributed by atoms with Gasteiger partial charge in [0.2, 0.25) is 0 Å². The van der Waals surface area contributed by atoms with E-state index >= 15 is 0 Å². The van der Waals surface area contributed by atoms with Gasteiger partial charge in [-0.1, -0.05) is 0 Å². The van der Waals surface area contributed by atoms with Gasteiger partial charge in [0.25, 0.3) is 0 Å². The molecule has 40 valence electrons. The standard InChI is InChI=1S/C4H9N2.Al.2H/c1-2-6-4-3-5-1;;;/h5H,1-4H2;;;/q-1;+1;;. The first-order valence-electron chi connectivity index (χ1n) is 2.79. The highest BCUT2D eigenvalue weighted by Gasteiger charge is 2.00. The Balaban J connectivity index is 2.12. The first-order chi connectivity index (χ1) is 3.39. The van der Waals surface area contributed by atoms with Crippen molar-refractivity contribution in [1.29, 1.82) is 0 Å². The topological polar surface area (TPSA) is 15.3 Å². The number of piperazine rings is 1. The van der Waals surface area contributed by atoms with E-state index in [1.54, 1.807) is 0 Å². The van der Waals surface area contributed by atoms with Crippen LogP contribution in [0.5, 0.6) is 0 Å². The molecule has 0 unspecified atom stereocenters. The van der Waals surface area contributed by atoms with Crippen molar-refractivity contribution in [3.63, 3.8) is 0 Å². The molecule has 0 atom stereocenters. The van der Waals surface area contributed by atoms with Crippen LogP contribution in [0.15, 0.2) is 0 Å². The maximum atomic E-state index is 3.30. The Labute approximate surface area is 52.5 Å². The molecule has 0 aromatic carbocycles. The van der Waals surface area contributed by atoms with Crippen LogP contribution in [0.3, 0.4) is 0 Å². The lowest BCUT2D eigenvalue weighted by atomic mass is 10.4. The van der Waals surface area contributed by atoms with E-state index in [9.17, 15) is 0 Å². The predicted molar refractivity (Wildman–Crippen MR) is 33.0 cm³/mol. The molecule has 0 aromatic heterocycles. The van der Waals surface area contributed by atoms with Crippen molar-refractivity contribution in [2.45, 2.75) is 0 Å². The molecule has 0 spiro atoms. The van der Waals surface area contributed by atoms with E-state index < -0.39 is 0 Å². The second-order valence-electron chi connectivity index (χ2n) is 2.05. The van der Waals surface area contributed by atoms with Crippen molar-refractivity contribution in [2.75, 3.05) is 26.2 Å². The molecule has 1 aliphatic rings. The Morgan fingerprint density at radius 1 is 1.29 bits per heavy atom. The fraction of sp³-hybridized carbons (Fsp3) is 1.00. The predicted octanol–water partition coefficient (Wildman–Crippen LogP) is -1.56. The zero-order valence-corrected chi connectivity index (χ0v) is 6.78. The second kappa shape index (κ2) is 2.69. The Morgan fingerprint density at radius 3 is 2.14 bits per heavy atom. The van der Waals surface area contributed by atoms with Gasteiger partial charge in [0.1, 0.15) is 0 Å². The average molecular weight is 114 g/mol. The third-order valence-corrected chi connectivity index (χ3v) is 2.24. The molecule has 1 fully saturated rings. The second-order valence-corrected chi connectivity index (χ2v) is 3.32. The minimum atomic E-state index is 1.20. The molecule has 0 amide bonds. The number of hydrogen-bond acceptors (Lipinski definition) is 2. The van der Waals surface area contributed by atoms with Crippen LogP contribution < -0.4 is 5.32 Å². The first kappa shape index (κ1) is 5.59. The molecule has 0 aromatic rings. The van der Waals surface area contributed by atoms with Gasteiger partial charge in [-0.05, 0) is 13.1 Å². The van der Waals surface area contributed by atoms with E-state index in [0.29, 0.717) is 0 Å². The summed E-state index contributed by atoms with van der Waals surface area (Å²) in [5, 5.41) is 3.30. The maximum absolute atomic E-state index is 3.30. The van der Waals surface area contributed by atoms with Crippen molar-refractivity contribution in [3.8, 4) is 0 Å². The monoisotopic (exact) mass is 114 g/mol. The third kappa shape index (κ3) is 1.79. The van der Waals surface area contributed by atoms with Crippen LogP contribution in [-0.4, -0.2) is 46.6 Å². The molecule has 0 saturated carbocycles. The van der Waals surface area contributed by atoms with Crippen LogP contribution in [0.25, 0.3) is 0 Å². The molecule has 1 aliphatic heterocycles. The molecule has 1 N–H and O–H groups in total. The Kier molecular flexibility index (Phi) is 2.14. The number of rotatable bonds is 0. The number of hydrogen-bond donors (Lipinski definition) is 1. The van der Waals surface area contributed by atoms with E-state index in [4.69, 9.17) is 0 Å². The van der Waals surface area contributed by atoms with Crippen molar-refractivity contribution < 1.29 is 0 Å². The van der Waals surface area contributed by atoms with Gasteiger partial charge in [0, 0.05) is 13.1 Å². The van der Waals surface area contributed by atoms with Crippen molar-refractivity contribution in [3.05, 3.63) is 0 Å². The summed E-state index contributed by atoms with van der Waals surface area (Å²) in [6.45, 7) is 4.94. The highest BCUT2D eigenvalue weighted by atomic mass is 27.1. The lowest BCUT2D eigenvalue weighted by Gasteiger charge is -2.23. The minimum Gasteiger partial charge on any atom is -0.388 e. The van der Waals surface area contributed by atoms with Crippen LogP contribution >= 0.6 is 0 Å². The van der Waals surface area contributed by atoms with Crippen LogP contribution in [0.4, 0.5) is 0 Å². The number of nitrogens with one attached hydrogen (secondary N) is 1. The van der Waals surface area contributed by atoms with Gasteiger partial charge in [-0.3, -0.25) is 0 Å². The van der Waals surface area contributed by atoms with Crippen LogP contribution in [0, 0.1) is 0 Å². The van der Waals surface area contributed by atoms with Gasteiger partial charge in [0.15, 0.2) is 0 Å². The Bertz CT molecular complexity index is 51.7. The van der Waals surface area contributed by atoms with E-state index in [2.05, 4.69) is 9.20 Å². The van der Waals surface area contributed by atoms with E-state index in [1.165, 1.54) is 42.7 Å². The Morgan fingerprint density at radius 2 is 1.86 bits per heavy atom. The quantitative estimate of drug-likeness (QED) is 0.383. The van der Waals surface area contributed by atoms with Gasteiger partial charge < -0.3 is 9.20 Å². The van der Waals surface area contributed by atoms with Gasteiger partial charge in [-0.15, -0.1) is 0 Å². The van der Waals surface area contributed by atoms with Crippen molar-refractivity contribution in [1.82, 2.24) is 9.20 Å². The highest BCUT2D eigenvalue weighted by Crippen LogP contribution is 1.81. The molecule has 0 bridgehead atoms. The van der Waals surface area contributed by atoms with Gasteiger partial charge >= 0.3 is 16.5 Å². The van der Waals surface area contributed by atoms with Crippen LogP contribution in [-0.2, 0) is 0 Å². The zero-order chi connectivity index (χ0) is 5.11. The molecule has 0 aliphatic carbocycles. The summed E-state index contributed by atoms with van der Waals surface area (Å²) in [5.41, 5.74) is 0. The van der Waals surface area contributed by atoms with Crippen LogP contribution in [0.2, 0.25) is 0 Å². The maximum Gasteiger partial charge on any atom is 0.321 e. The molecular formula is C4H11AlN2. The normalized spacial score (nSPS) is 25.1. The minimum absolute atomic E-state index is 1.20. The molecule has 2 nitrogen and oxygen atoms in total. The smallest absolute Gasteiger partial charge is 0.321 e. The van der Waals surface area contributed by atoms with Gasteiger partial charge in [-0.25, -0.2) is 0 Å². The summed E-state index contributed by atoms with van der Waals surface area (Å²) >= 11 is 1.24. The number of nitrogens with zero attached hydrogens (tertiary/aromatic N) is 1. The van der Waals surface area contributed by atoms with Crippen molar-refractivity contribution >= 4 is 16.5 Å². The Hall–Kier alpha value is 0.452. The molecule has 7 heavy (non-hydrogen) atoms. The highest BCUT2D eigenvalue weighted by molar-refractivity contribution is 6.04. The average Bonchev–Trinajstić information content (AvgIpc) is 1.69. The van der Waals surface area contributed by atoms with E-state index in [-0.39, 0.29) is 0 Å². The molecule has 1 heterocycles. The molecule has 1 rings (SSSR count). The molecule has 3 heteroatoms. The summed E-state index contributed by atoms with van der Waals surface area (Å²) in [7, 11) is 0. The summed E-state index contributed by atoms with van der Waals surface area (Å²) in [5.74, 6) is 0. The largest absolute Gasteiger partial charge is 0.388 e. The van der Waals surface area contributed by atoms with E-state index in [1.807, 2.05) is 0 Å². The zero-order valence-electron chi connectivity index (χ0n) is 4.78. The van der Waals surface area contributed by atoms with E-state index in [0.717, 1.165) is 0 Å². The van der Waals surface area contributed by atoms with Crippen molar-refractivity contribution in [2.24, 2.45) is 0 Å². The van der Waals surface area contributed by atoms with Crippen LogP contribution in [0.1, 0.15) is 0 Å². The SMILES string of the molecule is [AlH2][N]1CCNCC1. The summed E-state index contributed by atoms with van der Waals surface area (Å²) in [6.07, 6.45) is 0. The summed E-state index contributed by atoms with van der Waals surface area (Å²) in [4.78, 5) is 0. The molecular weight excluding hydrogens is 103 g/mol. The fourth-order valence-electron chi connectivity index (χ4n) is 0.777.